The fourth-order valence-corrected chi connectivity index (χ4v) is 5.47. The molecule has 126 valence electrons. The SMILES string of the molecule is CC(C)CC(C(=O)C1C2(C)CCC(C2)C1(C)C)C(C)C(=O)O. The molecule has 0 saturated heterocycles. The van der Waals surface area contributed by atoms with Gasteiger partial charge < -0.3 is 5.11 Å². The standard InChI is InChI=1S/C19H32O3/c1-11(2)9-14(12(3)17(21)22)15(20)16-18(4,5)13-7-8-19(16,6)10-13/h11-14,16H,7-10H2,1-6H3,(H,21,22). The smallest absolute Gasteiger partial charge is 0.306 e. The Hall–Kier alpha value is -0.860. The average molecular weight is 308 g/mol. The summed E-state index contributed by atoms with van der Waals surface area (Å²) in [4.78, 5) is 24.9. The molecule has 0 amide bonds. The van der Waals surface area contributed by atoms with Gasteiger partial charge in [0.1, 0.15) is 5.78 Å². The third kappa shape index (κ3) is 2.72. The first-order valence-electron chi connectivity index (χ1n) is 8.77. The first-order chi connectivity index (χ1) is 10.0. The number of carboxylic acid groups (broad SMARTS) is 1. The van der Waals surface area contributed by atoms with Gasteiger partial charge >= 0.3 is 5.97 Å². The highest BCUT2D eigenvalue weighted by atomic mass is 16.4. The molecule has 1 N–H and O–H groups in total. The van der Waals surface area contributed by atoms with Gasteiger partial charge in [0.25, 0.3) is 0 Å². The van der Waals surface area contributed by atoms with E-state index < -0.39 is 11.9 Å². The van der Waals surface area contributed by atoms with Gasteiger partial charge in [-0.25, -0.2) is 0 Å². The van der Waals surface area contributed by atoms with E-state index in [0.717, 1.165) is 12.8 Å². The summed E-state index contributed by atoms with van der Waals surface area (Å²) >= 11 is 0. The van der Waals surface area contributed by atoms with Crippen molar-refractivity contribution in [1.29, 1.82) is 0 Å². The maximum absolute atomic E-state index is 13.4. The lowest BCUT2D eigenvalue weighted by atomic mass is 9.59. The van der Waals surface area contributed by atoms with Crippen LogP contribution in [0, 0.1) is 40.4 Å². The van der Waals surface area contributed by atoms with E-state index in [2.05, 4.69) is 34.6 Å². The molecule has 2 aliphatic rings. The van der Waals surface area contributed by atoms with Crippen LogP contribution in [0.3, 0.4) is 0 Å². The van der Waals surface area contributed by atoms with Gasteiger partial charge in [-0.1, -0.05) is 41.5 Å². The van der Waals surface area contributed by atoms with Crippen molar-refractivity contribution in [3.63, 3.8) is 0 Å². The monoisotopic (exact) mass is 308 g/mol. The highest BCUT2D eigenvalue weighted by molar-refractivity contribution is 5.89. The van der Waals surface area contributed by atoms with Crippen LogP contribution < -0.4 is 0 Å². The van der Waals surface area contributed by atoms with Crippen LogP contribution in [0.25, 0.3) is 0 Å². The number of carbonyl (C=O) groups is 2. The van der Waals surface area contributed by atoms with E-state index in [0.29, 0.717) is 18.3 Å². The molecule has 5 atom stereocenters. The summed E-state index contributed by atoms with van der Waals surface area (Å²) in [6.07, 6.45) is 4.15. The van der Waals surface area contributed by atoms with Crippen LogP contribution in [0.2, 0.25) is 0 Å². The topological polar surface area (TPSA) is 54.4 Å². The molecule has 5 unspecified atom stereocenters. The van der Waals surface area contributed by atoms with E-state index in [9.17, 15) is 14.7 Å². The molecular formula is C19H32O3. The van der Waals surface area contributed by atoms with Crippen LogP contribution in [-0.4, -0.2) is 16.9 Å². The number of fused-ring (bicyclic) bond motifs is 2. The molecule has 0 aliphatic heterocycles. The van der Waals surface area contributed by atoms with Gasteiger partial charge in [0, 0.05) is 11.8 Å². The molecule has 0 spiro atoms. The van der Waals surface area contributed by atoms with Crippen molar-refractivity contribution in [2.24, 2.45) is 40.4 Å². The Morgan fingerprint density at radius 2 is 1.77 bits per heavy atom. The molecule has 2 rings (SSSR count). The molecule has 3 nitrogen and oxygen atoms in total. The van der Waals surface area contributed by atoms with Crippen molar-refractivity contribution >= 4 is 11.8 Å². The second-order valence-electron chi connectivity index (χ2n) is 9.11. The molecule has 22 heavy (non-hydrogen) atoms. The molecule has 2 aliphatic carbocycles. The zero-order valence-corrected chi connectivity index (χ0v) is 15.0. The van der Waals surface area contributed by atoms with Crippen molar-refractivity contribution in [2.45, 2.75) is 67.2 Å². The van der Waals surface area contributed by atoms with E-state index in [1.165, 1.54) is 6.42 Å². The quantitative estimate of drug-likeness (QED) is 0.791. The van der Waals surface area contributed by atoms with E-state index in [4.69, 9.17) is 0 Å². The van der Waals surface area contributed by atoms with Crippen molar-refractivity contribution in [3.8, 4) is 0 Å². The fourth-order valence-electron chi connectivity index (χ4n) is 5.47. The van der Waals surface area contributed by atoms with E-state index in [1.54, 1.807) is 6.92 Å². The van der Waals surface area contributed by atoms with Crippen molar-refractivity contribution in [3.05, 3.63) is 0 Å². The Morgan fingerprint density at radius 1 is 1.18 bits per heavy atom. The maximum atomic E-state index is 13.4. The summed E-state index contributed by atoms with van der Waals surface area (Å²) in [5.41, 5.74) is 0.0935. The second kappa shape index (κ2) is 5.65. The lowest BCUT2D eigenvalue weighted by molar-refractivity contribution is -0.150. The number of hydrogen-bond acceptors (Lipinski definition) is 2. The lowest BCUT2D eigenvalue weighted by Gasteiger charge is -2.43. The molecular weight excluding hydrogens is 276 g/mol. The number of ketones is 1. The van der Waals surface area contributed by atoms with Gasteiger partial charge in [0.05, 0.1) is 5.92 Å². The summed E-state index contributed by atoms with van der Waals surface area (Å²) in [5.74, 6) is -0.587. The van der Waals surface area contributed by atoms with E-state index in [1.807, 2.05) is 0 Å². The summed E-state index contributed by atoms with van der Waals surface area (Å²) < 4.78 is 0. The predicted octanol–water partition coefficient (Wildman–Crippen LogP) is 4.40. The van der Waals surface area contributed by atoms with Crippen molar-refractivity contribution in [1.82, 2.24) is 0 Å². The Kier molecular flexibility index (Phi) is 4.49. The average Bonchev–Trinajstić information content (AvgIpc) is 2.85. The molecule has 2 saturated carbocycles. The second-order valence-corrected chi connectivity index (χ2v) is 9.11. The molecule has 0 aromatic carbocycles. The number of carboxylic acids is 1. The van der Waals surface area contributed by atoms with Crippen LogP contribution in [-0.2, 0) is 9.59 Å². The predicted molar refractivity (Wildman–Crippen MR) is 87.5 cm³/mol. The van der Waals surface area contributed by atoms with Crippen LogP contribution >= 0.6 is 0 Å². The number of rotatable bonds is 6. The minimum absolute atomic E-state index is 0.0114. The Morgan fingerprint density at radius 3 is 2.18 bits per heavy atom. The van der Waals surface area contributed by atoms with Crippen molar-refractivity contribution < 1.29 is 14.7 Å². The first kappa shape index (κ1) is 17.5. The zero-order valence-electron chi connectivity index (χ0n) is 15.0. The minimum atomic E-state index is -0.842. The number of Topliss-reactive ketones (excluding diaryl/α,β-unsaturated/α-hetero) is 1. The Bertz CT molecular complexity index is 461. The minimum Gasteiger partial charge on any atom is -0.481 e. The molecule has 2 bridgehead atoms. The normalized spacial score (nSPS) is 35.6. The van der Waals surface area contributed by atoms with Gasteiger partial charge in [0.15, 0.2) is 0 Å². The highest BCUT2D eigenvalue weighted by Crippen LogP contribution is 2.66. The molecule has 2 fully saturated rings. The first-order valence-corrected chi connectivity index (χ1v) is 8.77. The lowest BCUT2D eigenvalue weighted by Crippen LogP contribution is -2.45. The fraction of sp³-hybridized carbons (Fsp3) is 0.895. The van der Waals surface area contributed by atoms with E-state index in [-0.39, 0.29) is 28.4 Å². The van der Waals surface area contributed by atoms with Gasteiger partial charge in [0.2, 0.25) is 0 Å². The van der Waals surface area contributed by atoms with E-state index >= 15 is 0 Å². The molecule has 0 aromatic rings. The maximum Gasteiger partial charge on any atom is 0.306 e. The third-order valence-electron chi connectivity index (χ3n) is 6.64. The van der Waals surface area contributed by atoms with Crippen LogP contribution in [0.1, 0.15) is 67.2 Å². The number of aliphatic carboxylic acids is 1. The molecule has 3 heteroatoms. The van der Waals surface area contributed by atoms with Gasteiger partial charge in [-0.15, -0.1) is 0 Å². The Labute approximate surface area is 134 Å². The molecule has 0 radical (unpaired) electrons. The third-order valence-corrected chi connectivity index (χ3v) is 6.64. The number of hydrogen-bond donors (Lipinski definition) is 1. The van der Waals surface area contributed by atoms with Gasteiger partial charge in [-0.2, -0.15) is 0 Å². The highest BCUT2D eigenvalue weighted by Gasteiger charge is 2.62. The van der Waals surface area contributed by atoms with Crippen molar-refractivity contribution in [2.75, 3.05) is 0 Å². The Balaban J connectivity index is 2.32. The van der Waals surface area contributed by atoms with Crippen LogP contribution in [0.5, 0.6) is 0 Å². The van der Waals surface area contributed by atoms with Crippen LogP contribution in [0.15, 0.2) is 0 Å². The van der Waals surface area contributed by atoms with Gasteiger partial charge in [-0.05, 0) is 48.3 Å². The summed E-state index contributed by atoms with van der Waals surface area (Å²) in [7, 11) is 0. The molecule has 0 heterocycles. The molecule has 0 aromatic heterocycles. The zero-order chi connectivity index (χ0) is 16.9. The largest absolute Gasteiger partial charge is 0.481 e. The summed E-state index contributed by atoms with van der Waals surface area (Å²) in [6, 6.07) is 0. The van der Waals surface area contributed by atoms with Gasteiger partial charge in [-0.3, -0.25) is 9.59 Å². The summed E-state index contributed by atoms with van der Waals surface area (Å²) in [6.45, 7) is 12.5. The number of carbonyl (C=O) groups excluding carboxylic acids is 1. The summed E-state index contributed by atoms with van der Waals surface area (Å²) in [5, 5.41) is 9.43. The van der Waals surface area contributed by atoms with Crippen LogP contribution in [0.4, 0.5) is 0 Å².